The Labute approximate surface area is 199 Å². The van der Waals surface area contributed by atoms with E-state index >= 15 is 0 Å². The molecule has 0 fully saturated rings. The van der Waals surface area contributed by atoms with E-state index in [0.717, 1.165) is 28.7 Å². The lowest BCUT2D eigenvalue weighted by Gasteiger charge is -2.33. The van der Waals surface area contributed by atoms with Crippen molar-refractivity contribution in [3.63, 3.8) is 0 Å². The molecule has 1 aliphatic rings. The summed E-state index contributed by atoms with van der Waals surface area (Å²) in [6, 6.07) is 11.7. The van der Waals surface area contributed by atoms with Crippen LogP contribution < -0.4 is 14.4 Å². The zero-order valence-electron chi connectivity index (χ0n) is 19.1. The highest BCUT2D eigenvalue weighted by Crippen LogP contribution is 2.36. The number of halogens is 1. The van der Waals surface area contributed by atoms with Crippen LogP contribution in [-0.4, -0.2) is 55.2 Å². The summed E-state index contributed by atoms with van der Waals surface area (Å²) in [5.74, 6) is 1.15. The second-order valence-corrected chi connectivity index (χ2v) is 9.31. The van der Waals surface area contributed by atoms with E-state index in [9.17, 15) is 4.79 Å². The van der Waals surface area contributed by atoms with Crippen LogP contribution in [0.4, 0.5) is 5.13 Å². The van der Waals surface area contributed by atoms with Crippen molar-refractivity contribution in [2.45, 2.75) is 39.4 Å². The van der Waals surface area contributed by atoms with Crippen molar-refractivity contribution in [2.24, 2.45) is 0 Å². The van der Waals surface area contributed by atoms with Gasteiger partial charge in [-0.15, -0.1) is 12.4 Å². The highest BCUT2D eigenvalue weighted by molar-refractivity contribution is 7.22. The summed E-state index contributed by atoms with van der Waals surface area (Å²) in [5, 5.41) is 0.710. The first-order chi connectivity index (χ1) is 14.8. The topological polar surface area (TPSA) is 54.9 Å². The van der Waals surface area contributed by atoms with Gasteiger partial charge in [0.15, 0.2) is 16.6 Å². The van der Waals surface area contributed by atoms with Gasteiger partial charge in [0.2, 0.25) is 6.10 Å². The van der Waals surface area contributed by atoms with Crippen molar-refractivity contribution in [1.82, 2.24) is 9.88 Å². The van der Waals surface area contributed by atoms with Gasteiger partial charge in [-0.3, -0.25) is 9.69 Å². The largest absolute Gasteiger partial charge is 0.482 e. The third-order valence-corrected chi connectivity index (χ3v) is 6.69. The Kier molecular flexibility index (Phi) is 7.64. The summed E-state index contributed by atoms with van der Waals surface area (Å²) >= 11 is 1.55. The Morgan fingerprint density at radius 1 is 1.06 bits per heavy atom. The van der Waals surface area contributed by atoms with Crippen molar-refractivity contribution < 1.29 is 14.3 Å². The lowest BCUT2D eigenvalue weighted by Crippen LogP contribution is -2.51. The minimum atomic E-state index is -0.718. The predicted molar refractivity (Wildman–Crippen MR) is 133 cm³/mol. The SMILES string of the molecule is Cc1ccc2sc(N(CCCN(C)C)C(=O)C3Oc4ccccc4OC3C)nc2c1C.Cl. The zero-order chi connectivity index (χ0) is 22.1. The van der Waals surface area contributed by atoms with E-state index in [-0.39, 0.29) is 18.3 Å². The molecular weight excluding hydrogens is 446 g/mol. The Hall–Kier alpha value is -2.35. The molecule has 0 radical (unpaired) electrons. The molecule has 0 spiro atoms. The molecule has 32 heavy (non-hydrogen) atoms. The summed E-state index contributed by atoms with van der Waals surface area (Å²) < 4.78 is 13.2. The maximum Gasteiger partial charge on any atom is 0.273 e. The fourth-order valence-corrected chi connectivity index (χ4v) is 4.78. The number of hydrogen-bond acceptors (Lipinski definition) is 6. The molecule has 172 valence electrons. The molecule has 0 aliphatic carbocycles. The molecule has 6 nitrogen and oxygen atoms in total. The lowest BCUT2D eigenvalue weighted by molar-refractivity contribution is -0.130. The monoisotopic (exact) mass is 475 g/mol. The molecule has 0 saturated heterocycles. The maximum absolute atomic E-state index is 13.7. The van der Waals surface area contributed by atoms with Crippen molar-refractivity contribution in [2.75, 3.05) is 32.1 Å². The van der Waals surface area contributed by atoms with E-state index in [4.69, 9.17) is 14.5 Å². The van der Waals surface area contributed by atoms with E-state index in [1.54, 1.807) is 16.2 Å². The van der Waals surface area contributed by atoms with Crippen molar-refractivity contribution in [1.29, 1.82) is 0 Å². The molecule has 2 aromatic carbocycles. The van der Waals surface area contributed by atoms with Gasteiger partial charge in [-0.2, -0.15) is 0 Å². The zero-order valence-corrected chi connectivity index (χ0v) is 20.8. The second kappa shape index (κ2) is 10.1. The van der Waals surface area contributed by atoms with E-state index in [2.05, 4.69) is 30.9 Å². The van der Waals surface area contributed by atoms with Crippen molar-refractivity contribution in [3.8, 4) is 11.5 Å². The number of aryl methyl sites for hydroxylation is 2. The number of nitrogens with zero attached hydrogens (tertiary/aromatic N) is 3. The van der Waals surface area contributed by atoms with Gasteiger partial charge in [-0.05, 0) is 77.2 Å². The molecule has 4 rings (SSSR count). The van der Waals surface area contributed by atoms with Gasteiger partial charge >= 0.3 is 0 Å². The number of rotatable bonds is 6. The van der Waals surface area contributed by atoms with Crippen LogP contribution >= 0.6 is 23.7 Å². The summed E-state index contributed by atoms with van der Waals surface area (Å²) in [5.41, 5.74) is 3.31. The molecule has 2 atom stereocenters. The number of anilines is 1. The average Bonchev–Trinajstić information content (AvgIpc) is 3.17. The first-order valence-corrected chi connectivity index (χ1v) is 11.4. The highest BCUT2D eigenvalue weighted by Gasteiger charge is 2.38. The van der Waals surface area contributed by atoms with Crippen LogP contribution in [0.3, 0.4) is 0 Å². The first-order valence-electron chi connectivity index (χ1n) is 10.6. The quantitative estimate of drug-likeness (QED) is 0.510. The predicted octanol–water partition coefficient (Wildman–Crippen LogP) is 4.85. The Morgan fingerprint density at radius 3 is 2.44 bits per heavy atom. The number of carbonyl (C=O) groups excluding carboxylic acids is 1. The van der Waals surface area contributed by atoms with E-state index < -0.39 is 12.2 Å². The minimum Gasteiger partial charge on any atom is -0.482 e. The summed E-state index contributed by atoms with van der Waals surface area (Å²) in [4.78, 5) is 22.5. The third-order valence-electron chi connectivity index (χ3n) is 5.64. The average molecular weight is 476 g/mol. The Morgan fingerprint density at radius 2 is 1.75 bits per heavy atom. The molecular formula is C24H30ClN3O3S. The normalized spacial score (nSPS) is 17.3. The number of fused-ring (bicyclic) bond motifs is 2. The molecule has 2 heterocycles. The Bertz CT molecular complexity index is 1100. The molecule has 3 aromatic rings. The number of aromatic nitrogens is 1. The molecule has 1 aliphatic heterocycles. The van der Waals surface area contributed by atoms with Gasteiger partial charge in [0.05, 0.1) is 10.2 Å². The standard InChI is InChI=1S/C24H29N3O3S.ClH/c1-15-11-12-20-21(16(15)2)25-24(31-20)27(14-8-13-26(4)5)23(28)22-17(3)29-18-9-6-7-10-19(18)30-22;/h6-7,9-12,17,22H,8,13-14H2,1-5H3;1H. The number of thiazole rings is 1. The maximum atomic E-state index is 13.7. The smallest absolute Gasteiger partial charge is 0.273 e. The number of carbonyl (C=O) groups is 1. The van der Waals surface area contributed by atoms with Crippen LogP contribution in [0.5, 0.6) is 11.5 Å². The number of hydrogen-bond donors (Lipinski definition) is 0. The molecule has 8 heteroatoms. The van der Waals surface area contributed by atoms with E-state index in [0.29, 0.717) is 23.2 Å². The third kappa shape index (κ3) is 4.85. The molecule has 1 aromatic heterocycles. The van der Waals surface area contributed by atoms with Gasteiger partial charge < -0.3 is 14.4 Å². The lowest BCUT2D eigenvalue weighted by atomic mass is 10.1. The van der Waals surface area contributed by atoms with Gasteiger partial charge in [0.1, 0.15) is 6.10 Å². The second-order valence-electron chi connectivity index (χ2n) is 8.31. The van der Waals surface area contributed by atoms with Crippen LogP contribution in [-0.2, 0) is 4.79 Å². The van der Waals surface area contributed by atoms with Crippen LogP contribution in [0.2, 0.25) is 0 Å². The molecule has 2 unspecified atom stereocenters. The highest BCUT2D eigenvalue weighted by atomic mass is 35.5. The van der Waals surface area contributed by atoms with Crippen molar-refractivity contribution >= 4 is 45.0 Å². The summed E-state index contributed by atoms with van der Waals surface area (Å²) in [6.07, 6.45) is -0.271. The van der Waals surface area contributed by atoms with Crippen molar-refractivity contribution in [3.05, 3.63) is 47.5 Å². The van der Waals surface area contributed by atoms with E-state index in [1.165, 1.54) is 5.56 Å². The molecule has 0 bridgehead atoms. The fourth-order valence-electron chi connectivity index (χ4n) is 3.72. The molecule has 0 N–H and O–H groups in total. The summed E-state index contributed by atoms with van der Waals surface area (Å²) in [7, 11) is 4.07. The molecule has 0 saturated carbocycles. The fraction of sp³-hybridized carbons (Fsp3) is 0.417. The van der Waals surface area contributed by atoms with Crippen LogP contribution in [0.15, 0.2) is 36.4 Å². The van der Waals surface area contributed by atoms with E-state index in [1.807, 2.05) is 45.3 Å². The molecule has 1 amide bonds. The first kappa shape index (κ1) is 24.3. The number of amides is 1. The number of benzene rings is 2. The summed E-state index contributed by atoms with van der Waals surface area (Å²) in [6.45, 7) is 7.50. The van der Waals surface area contributed by atoms with Crippen LogP contribution in [0.25, 0.3) is 10.2 Å². The minimum absolute atomic E-state index is 0. The Balaban J connectivity index is 0.00000289. The van der Waals surface area contributed by atoms with Crippen LogP contribution in [0.1, 0.15) is 24.5 Å². The number of para-hydroxylation sites is 2. The van der Waals surface area contributed by atoms with Gasteiger partial charge in [0.25, 0.3) is 5.91 Å². The van der Waals surface area contributed by atoms with Gasteiger partial charge in [-0.25, -0.2) is 4.98 Å². The van der Waals surface area contributed by atoms with Gasteiger partial charge in [0, 0.05) is 6.54 Å². The number of ether oxygens (including phenoxy) is 2. The van der Waals surface area contributed by atoms with Crippen LogP contribution in [0, 0.1) is 13.8 Å². The van der Waals surface area contributed by atoms with Gasteiger partial charge in [-0.1, -0.05) is 29.5 Å².